The third-order valence-corrected chi connectivity index (χ3v) is 4.51. The number of nitrogens with two attached hydrogens (primary N) is 1. The number of hydrogen-bond acceptors (Lipinski definition) is 8. The Bertz CT molecular complexity index is 1050. The van der Waals surface area contributed by atoms with Crippen LogP contribution >= 0.6 is 0 Å². The summed E-state index contributed by atoms with van der Waals surface area (Å²) in [7, 11) is 0. The van der Waals surface area contributed by atoms with E-state index in [0.29, 0.717) is 43.4 Å². The molecule has 0 aliphatic carbocycles. The highest BCUT2D eigenvalue weighted by atomic mass is 16.6. The quantitative estimate of drug-likeness (QED) is 0.719. The van der Waals surface area contributed by atoms with Crippen LogP contribution in [0.1, 0.15) is 19.0 Å². The van der Waals surface area contributed by atoms with Crippen molar-refractivity contribution in [2.75, 3.05) is 25.4 Å². The van der Waals surface area contributed by atoms with E-state index in [0.717, 1.165) is 11.1 Å². The molecule has 3 heterocycles. The molecule has 9 nitrogen and oxygen atoms in total. The molecule has 0 saturated carbocycles. The van der Waals surface area contributed by atoms with Gasteiger partial charge in [-0.05, 0) is 31.1 Å². The fourth-order valence-electron chi connectivity index (χ4n) is 3.01. The van der Waals surface area contributed by atoms with Crippen LogP contribution in [0.3, 0.4) is 0 Å². The van der Waals surface area contributed by atoms with E-state index >= 15 is 0 Å². The first-order chi connectivity index (χ1) is 14.2. The number of amides is 1. The fourth-order valence-corrected chi connectivity index (χ4v) is 3.01. The normalized spacial score (nSPS) is 13.8. The van der Waals surface area contributed by atoms with Crippen molar-refractivity contribution in [3.8, 4) is 23.0 Å². The molecular weight excluding hydrogens is 372 g/mol. The summed E-state index contributed by atoms with van der Waals surface area (Å²) in [5.41, 5.74) is 8.79. The predicted octanol–water partition coefficient (Wildman–Crippen LogP) is 3.02. The molecule has 3 aromatic rings. The summed E-state index contributed by atoms with van der Waals surface area (Å²) in [6.45, 7) is 3.14. The summed E-state index contributed by atoms with van der Waals surface area (Å²) in [5, 5.41) is 8.16. The maximum atomic E-state index is 11.8. The van der Waals surface area contributed by atoms with Gasteiger partial charge < -0.3 is 19.8 Å². The van der Waals surface area contributed by atoms with Crippen LogP contribution in [0.2, 0.25) is 0 Å². The Balaban J connectivity index is 1.58. The summed E-state index contributed by atoms with van der Waals surface area (Å²) < 4.78 is 10.8. The van der Waals surface area contributed by atoms with Crippen LogP contribution in [0, 0.1) is 0 Å². The van der Waals surface area contributed by atoms with Gasteiger partial charge >= 0.3 is 6.09 Å². The summed E-state index contributed by atoms with van der Waals surface area (Å²) in [4.78, 5) is 22.3. The van der Waals surface area contributed by atoms with Gasteiger partial charge in [-0.1, -0.05) is 24.3 Å². The highest BCUT2D eigenvalue weighted by Crippen LogP contribution is 2.28. The van der Waals surface area contributed by atoms with E-state index in [-0.39, 0.29) is 17.8 Å². The van der Waals surface area contributed by atoms with Gasteiger partial charge in [0.05, 0.1) is 18.5 Å². The maximum absolute atomic E-state index is 11.8. The molecule has 1 aliphatic heterocycles. The minimum absolute atomic E-state index is 0.209. The van der Waals surface area contributed by atoms with Gasteiger partial charge in [0.1, 0.15) is 0 Å². The van der Waals surface area contributed by atoms with E-state index in [1.54, 1.807) is 18.0 Å². The zero-order valence-corrected chi connectivity index (χ0v) is 15.9. The molecule has 2 N–H and O–H groups in total. The number of nitrogens with zero attached hydrogens (tertiary/aromatic N) is 5. The molecule has 0 radical (unpaired) electrons. The van der Waals surface area contributed by atoms with Gasteiger partial charge in [-0.2, -0.15) is 0 Å². The van der Waals surface area contributed by atoms with Gasteiger partial charge in [-0.25, -0.2) is 14.8 Å². The first-order valence-corrected chi connectivity index (χ1v) is 9.28. The van der Waals surface area contributed by atoms with E-state index in [2.05, 4.69) is 20.2 Å². The lowest BCUT2D eigenvalue weighted by Crippen LogP contribution is -2.35. The zero-order valence-electron chi connectivity index (χ0n) is 15.9. The predicted molar refractivity (Wildman–Crippen MR) is 106 cm³/mol. The number of anilines is 1. The SMILES string of the molecule is CCOC(=O)N1CC=C(c2cnc(N)c(-c3nnc(-c4ccccc4)o3)n2)CC1. The van der Waals surface area contributed by atoms with E-state index in [1.807, 2.05) is 36.4 Å². The number of carbonyl (C=O) groups excluding carboxylic acids is 1. The summed E-state index contributed by atoms with van der Waals surface area (Å²) in [6, 6.07) is 9.46. The van der Waals surface area contributed by atoms with Crippen molar-refractivity contribution in [3.63, 3.8) is 0 Å². The van der Waals surface area contributed by atoms with Crippen molar-refractivity contribution in [1.82, 2.24) is 25.1 Å². The van der Waals surface area contributed by atoms with Crippen LogP contribution < -0.4 is 5.73 Å². The largest absolute Gasteiger partial charge is 0.450 e. The number of hydrogen-bond donors (Lipinski definition) is 1. The van der Waals surface area contributed by atoms with Gasteiger partial charge in [0.2, 0.25) is 5.89 Å². The lowest BCUT2D eigenvalue weighted by molar-refractivity contribution is 0.111. The fraction of sp³-hybridized carbons (Fsp3) is 0.250. The van der Waals surface area contributed by atoms with Crippen molar-refractivity contribution in [1.29, 1.82) is 0 Å². The smallest absolute Gasteiger partial charge is 0.410 e. The van der Waals surface area contributed by atoms with E-state index in [4.69, 9.17) is 14.9 Å². The lowest BCUT2D eigenvalue weighted by atomic mass is 10.1. The van der Waals surface area contributed by atoms with E-state index in [9.17, 15) is 4.79 Å². The number of carbonyl (C=O) groups is 1. The highest BCUT2D eigenvalue weighted by molar-refractivity contribution is 5.73. The molecule has 9 heteroatoms. The first-order valence-electron chi connectivity index (χ1n) is 9.28. The first kappa shape index (κ1) is 18.6. The van der Waals surface area contributed by atoms with Gasteiger partial charge in [-0.15, -0.1) is 10.2 Å². The zero-order chi connectivity index (χ0) is 20.2. The van der Waals surface area contributed by atoms with Crippen LogP contribution in [0.25, 0.3) is 28.6 Å². The molecule has 4 rings (SSSR count). The van der Waals surface area contributed by atoms with Gasteiger partial charge in [0, 0.05) is 18.7 Å². The molecule has 0 saturated heterocycles. The minimum atomic E-state index is -0.314. The van der Waals surface area contributed by atoms with Crippen LogP contribution in [0.4, 0.5) is 10.6 Å². The third-order valence-electron chi connectivity index (χ3n) is 4.51. The van der Waals surface area contributed by atoms with E-state index in [1.165, 1.54) is 0 Å². The average molecular weight is 392 g/mol. The third kappa shape index (κ3) is 3.93. The lowest BCUT2D eigenvalue weighted by Gasteiger charge is -2.25. The Morgan fingerprint density at radius 1 is 1.24 bits per heavy atom. The Hall–Kier alpha value is -3.75. The Morgan fingerprint density at radius 3 is 2.76 bits per heavy atom. The number of rotatable bonds is 4. The molecule has 0 atom stereocenters. The number of nitrogen functional groups attached to an aromatic ring is 1. The van der Waals surface area contributed by atoms with Crippen molar-refractivity contribution in [2.45, 2.75) is 13.3 Å². The monoisotopic (exact) mass is 392 g/mol. The summed E-state index contributed by atoms with van der Waals surface area (Å²) in [6.07, 6.45) is 3.87. The minimum Gasteiger partial charge on any atom is -0.450 e. The molecule has 2 aromatic heterocycles. The molecule has 148 valence electrons. The topological polar surface area (TPSA) is 120 Å². The van der Waals surface area contributed by atoms with Crippen molar-refractivity contribution >= 4 is 17.5 Å². The maximum Gasteiger partial charge on any atom is 0.410 e. The summed E-state index contributed by atoms with van der Waals surface area (Å²) >= 11 is 0. The Labute approximate surface area is 167 Å². The molecule has 0 unspecified atom stereocenters. The molecule has 1 aromatic carbocycles. The average Bonchev–Trinajstić information content (AvgIpc) is 3.25. The van der Waals surface area contributed by atoms with Crippen LogP contribution in [-0.4, -0.2) is 50.9 Å². The molecule has 0 spiro atoms. The Morgan fingerprint density at radius 2 is 2.03 bits per heavy atom. The molecule has 0 fully saturated rings. The molecular formula is C20H20N6O3. The second-order valence-corrected chi connectivity index (χ2v) is 6.39. The van der Waals surface area contributed by atoms with Gasteiger partial charge in [0.25, 0.3) is 5.89 Å². The molecule has 0 bridgehead atoms. The standard InChI is InChI=1S/C20H20N6O3/c1-2-28-20(27)26-10-8-13(9-11-26)15-12-22-17(21)16(23-15)19-25-24-18(29-19)14-6-4-3-5-7-14/h3-8,12H,2,9-11H2,1H3,(H2,21,22). The molecule has 1 aliphatic rings. The van der Waals surface area contributed by atoms with Gasteiger partial charge in [0.15, 0.2) is 11.5 Å². The van der Waals surface area contributed by atoms with Crippen LogP contribution in [0.15, 0.2) is 47.0 Å². The van der Waals surface area contributed by atoms with Crippen LogP contribution in [-0.2, 0) is 4.74 Å². The molecule has 29 heavy (non-hydrogen) atoms. The van der Waals surface area contributed by atoms with Crippen molar-refractivity contribution in [3.05, 3.63) is 48.3 Å². The highest BCUT2D eigenvalue weighted by Gasteiger charge is 2.21. The second kappa shape index (κ2) is 8.09. The second-order valence-electron chi connectivity index (χ2n) is 6.39. The van der Waals surface area contributed by atoms with Crippen LogP contribution in [0.5, 0.6) is 0 Å². The summed E-state index contributed by atoms with van der Waals surface area (Å²) in [5.74, 6) is 0.802. The van der Waals surface area contributed by atoms with Crippen molar-refractivity contribution < 1.29 is 13.9 Å². The number of benzene rings is 1. The number of aromatic nitrogens is 4. The van der Waals surface area contributed by atoms with E-state index < -0.39 is 0 Å². The van der Waals surface area contributed by atoms with Crippen molar-refractivity contribution in [2.24, 2.45) is 0 Å². The number of ether oxygens (including phenoxy) is 1. The molecule has 1 amide bonds. The Kier molecular flexibility index (Phi) is 5.19. The van der Waals surface area contributed by atoms with Gasteiger partial charge in [-0.3, -0.25) is 0 Å².